The molecule has 7 nitrogen and oxygen atoms in total. The maximum Gasteiger partial charge on any atom is 0.348 e. The second kappa shape index (κ2) is 5.20. The van der Waals surface area contributed by atoms with Crippen molar-refractivity contribution in [2.75, 3.05) is 5.32 Å². The molecule has 0 aromatic carbocycles. The van der Waals surface area contributed by atoms with Crippen LogP contribution < -0.4 is 11.0 Å². The highest BCUT2D eigenvalue weighted by Crippen LogP contribution is 2.10. The summed E-state index contributed by atoms with van der Waals surface area (Å²) < 4.78 is 6.66. The normalized spacial score (nSPS) is 12.7. The van der Waals surface area contributed by atoms with Crippen LogP contribution in [-0.2, 0) is 6.42 Å². The fourth-order valence-electron chi connectivity index (χ4n) is 2.03. The quantitative estimate of drug-likeness (QED) is 0.734. The number of H-pyrrole nitrogens is 1. The van der Waals surface area contributed by atoms with E-state index in [1.54, 1.807) is 12.3 Å². The van der Waals surface area contributed by atoms with Gasteiger partial charge in [-0.2, -0.15) is 5.10 Å². The average Bonchev–Trinajstić information content (AvgIpc) is 3.07. The van der Waals surface area contributed by atoms with Crippen LogP contribution in [0.3, 0.4) is 0 Å². The van der Waals surface area contributed by atoms with Crippen molar-refractivity contribution in [1.29, 1.82) is 0 Å². The minimum Gasteiger partial charge on any atom is -0.469 e. The van der Waals surface area contributed by atoms with Crippen LogP contribution >= 0.6 is 0 Å². The summed E-state index contributed by atoms with van der Waals surface area (Å²) in [7, 11) is 0. The second-order valence-corrected chi connectivity index (χ2v) is 4.69. The van der Waals surface area contributed by atoms with E-state index in [4.69, 9.17) is 4.42 Å². The molecule has 3 rings (SSSR count). The van der Waals surface area contributed by atoms with Crippen molar-refractivity contribution >= 4 is 11.5 Å². The van der Waals surface area contributed by atoms with Crippen molar-refractivity contribution in [1.82, 2.24) is 19.6 Å². The number of hydrogen-bond acceptors (Lipinski definition) is 5. The topological polar surface area (TPSA) is 88.2 Å². The Morgan fingerprint density at radius 2 is 2.45 bits per heavy atom. The summed E-state index contributed by atoms with van der Waals surface area (Å²) in [6.07, 6.45) is 4.93. The zero-order valence-electron chi connectivity index (χ0n) is 11.0. The van der Waals surface area contributed by atoms with Gasteiger partial charge in [-0.05, 0) is 25.5 Å². The molecule has 0 radical (unpaired) electrons. The Morgan fingerprint density at radius 1 is 1.55 bits per heavy atom. The van der Waals surface area contributed by atoms with Gasteiger partial charge in [0.25, 0.3) is 0 Å². The largest absolute Gasteiger partial charge is 0.469 e. The van der Waals surface area contributed by atoms with Crippen LogP contribution in [0.1, 0.15) is 19.1 Å². The predicted octanol–water partition coefficient (Wildman–Crippen LogP) is 1.44. The van der Waals surface area contributed by atoms with Gasteiger partial charge in [-0.1, -0.05) is 0 Å². The molecule has 0 saturated heterocycles. The Morgan fingerprint density at radius 3 is 3.25 bits per heavy atom. The molecule has 3 aromatic rings. The number of hydrogen-bond donors (Lipinski definition) is 2. The lowest BCUT2D eigenvalue weighted by Crippen LogP contribution is -2.17. The Bertz CT molecular complexity index is 744. The molecule has 3 aromatic heterocycles. The van der Waals surface area contributed by atoms with E-state index in [1.807, 2.05) is 12.1 Å². The predicted molar refractivity (Wildman–Crippen MR) is 73.7 cm³/mol. The lowest BCUT2D eigenvalue weighted by molar-refractivity contribution is 0.495. The van der Waals surface area contributed by atoms with Crippen molar-refractivity contribution in [3.05, 3.63) is 47.0 Å². The number of nitrogens with zero attached hydrogens (tertiary/aromatic N) is 3. The monoisotopic (exact) mass is 273 g/mol. The van der Waals surface area contributed by atoms with Crippen molar-refractivity contribution in [3.63, 3.8) is 0 Å². The molecule has 0 saturated carbocycles. The SMILES string of the molecule is CC(CCc1ccco1)Nc1cc2n[nH]c(=O)n2cn1. The van der Waals surface area contributed by atoms with Gasteiger partial charge < -0.3 is 9.73 Å². The first kappa shape index (κ1) is 12.5. The number of aromatic amines is 1. The Hall–Kier alpha value is -2.57. The van der Waals surface area contributed by atoms with Crippen LogP contribution in [-0.4, -0.2) is 25.6 Å². The maximum atomic E-state index is 11.3. The van der Waals surface area contributed by atoms with E-state index >= 15 is 0 Å². The minimum absolute atomic E-state index is 0.237. The summed E-state index contributed by atoms with van der Waals surface area (Å²) in [6.45, 7) is 2.07. The number of aryl methyl sites for hydroxylation is 1. The van der Waals surface area contributed by atoms with Gasteiger partial charge >= 0.3 is 5.69 Å². The van der Waals surface area contributed by atoms with Gasteiger partial charge in [-0.3, -0.25) is 0 Å². The van der Waals surface area contributed by atoms with Crippen molar-refractivity contribution in [3.8, 4) is 0 Å². The van der Waals surface area contributed by atoms with Gasteiger partial charge in [-0.15, -0.1) is 0 Å². The zero-order chi connectivity index (χ0) is 13.9. The zero-order valence-corrected chi connectivity index (χ0v) is 11.0. The Balaban J connectivity index is 1.64. The molecule has 0 amide bonds. The number of rotatable bonds is 5. The van der Waals surface area contributed by atoms with Gasteiger partial charge in [0, 0.05) is 18.5 Å². The first-order valence-electron chi connectivity index (χ1n) is 6.44. The lowest BCUT2D eigenvalue weighted by atomic mass is 10.1. The van der Waals surface area contributed by atoms with E-state index in [9.17, 15) is 4.79 Å². The number of furan rings is 1. The molecular weight excluding hydrogens is 258 g/mol. The first-order chi connectivity index (χ1) is 9.72. The van der Waals surface area contributed by atoms with E-state index in [2.05, 4.69) is 27.4 Å². The number of nitrogens with one attached hydrogen (secondary N) is 2. The molecule has 0 fully saturated rings. The highest BCUT2D eigenvalue weighted by atomic mass is 16.3. The van der Waals surface area contributed by atoms with Gasteiger partial charge in [0.1, 0.15) is 17.9 Å². The molecular formula is C13H15N5O2. The van der Waals surface area contributed by atoms with Crippen LogP contribution in [0.15, 0.2) is 40.0 Å². The Kier molecular flexibility index (Phi) is 3.24. The molecule has 0 aliphatic heterocycles. The van der Waals surface area contributed by atoms with E-state index in [0.717, 1.165) is 18.6 Å². The van der Waals surface area contributed by atoms with Crippen LogP contribution in [0.4, 0.5) is 5.82 Å². The van der Waals surface area contributed by atoms with Gasteiger partial charge in [0.15, 0.2) is 5.65 Å². The molecule has 0 bridgehead atoms. The summed E-state index contributed by atoms with van der Waals surface area (Å²) in [6, 6.07) is 5.83. The molecule has 0 spiro atoms. The molecule has 20 heavy (non-hydrogen) atoms. The molecule has 0 aliphatic carbocycles. The van der Waals surface area contributed by atoms with Gasteiger partial charge in [-0.25, -0.2) is 19.3 Å². The molecule has 7 heteroatoms. The third-order valence-electron chi connectivity index (χ3n) is 3.11. The van der Waals surface area contributed by atoms with Crippen LogP contribution in [0.2, 0.25) is 0 Å². The number of anilines is 1. The summed E-state index contributed by atoms with van der Waals surface area (Å²) in [5, 5.41) is 9.56. The summed E-state index contributed by atoms with van der Waals surface area (Å²) in [5.74, 6) is 1.67. The van der Waals surface area contributed by atoms with E-state index in [1.165, 1.54) is 10.7 Å². The van der Waals surface area contributed by atoms with Crippen LogP contribution in [0.25, 0.3) is 5.65 Å². The summed E-state index contributed by atoms with van der Waals surface area (Å²) >= 11 is 0. The van der Waals surface area contributed by atoms with Crippen molar-refractivity contribution in [2.45, 2.75) is 25.8 Å². The summed E-state index contributed by atoms with van der Waals surface area (Å²) in [5.41, 5.74) is 0.260. The minimum atomic E-state index is -0.287. The highest BCUT2D eigenvalue weighted by molar-refractivity contribution is 5.48. The number of aromatic nitrogens is 4. The smallest absolute Gasteiger partial charge is 0.348 e. The van der Waals surface area contributed by atoms with E-state index < -0.39 is 0 Å². The summed E-state index contributed by atoms with van der Waals surface area (Å²) in [4.78, 5) is 15.5. The van der Waals surface area contributed by atoms with E-state index in [0.29, 0.717) is 11.5 Å². The second-order valence-electron chi connectivity index (χ2n) is 4.69. The van der Waals surface area contributed by atoms with Crippen LogP contribution in [0.5, 0.6) is 0 Å². The molecule has 1 unspecified atom stereocenters. The van der Waals surface area contributed by atoms with Gasteiger partial charge in [0.05, 0.1) is 6.26 Å². The third kappa shape index (κ3) is 2.56. The lowest BCUT2D eigenvalue weighted by Gasteiger charge is -2.13. The fourth-order valence-corrected chi connectivity index (χ4v) is 2.03. The average molecular weight is 273 g/mol. The molecule has 1 atom stereocenters. The molecule has 0 aliphatic rings. The fraction of sp³-hybridized carbons (Fsp3) is 0.308. The number of fused-ring (bicyclic) bond motifs is 1. The van der Waals surface area contributed by atoms with Crippen molar-refractivity contribution in [2.24, 2.45) is 0 Å². The molecule has 2 N–H and O–H groups in total. The molecule has 104 valence electrons. The van der Waals surface area contributed by atoms with Crippen molar-refractivity contribution < 1.29 is 4.42 Å². The maximum absolute atomic E-state index is 11.3. The third-order valence-corrected chi connectivity index (χ3v) is 3.11. The highest BCUT2D eigenvalue weighted by Gasteiger charge is 2.07. The Labute approximate surface area is 114 Å². The standard InChI is InChI=1S/C13H15N5O2/c1-9(4-5-10-3-2-6-20-10)15-11-7-12-16-17-13(19)18(12)8-14-11/h2-3,6-9,15H,4-5H2,1H3,(H,17,19). The van der Waals surface area contributed by atoms with Gasteiger partial charge in [0.2, 0.25) is 0 Å². The molecule has 3 heterocycles. The van der Waals surface area contributed by atoms with E-state index in [-0.39, 0.29) is 11.7 Å². The first-order valence-corrected chi connectivity index (χ1v) is 6.44. The van der Waals surface area contributed by atoms with Crippen LogP contribution in [0, 0.1) is 0 Å².